The van der Waals surface area contributed by atoms with E-state index in [1.54, 1.807) is 13.1 Å². The molecule has 2 aromatic heterocycles. The second-order valence-corrected chi connectivity index (χ2v) is 5.59. The van der Waals surface area contributed by atoms with Crippen molar-refractivity contribution in [1.82, 2.24) is 19.9 Å². The second-order valence-electron chi connectivity index (χ2n) is 5.59. The van der Waals surface area contributed by atoms with Crippen molar-refractivity contribution >= 4 is 22.8 Å². The number of rotatable bonds is 2. The zero-order chi connectivity index (χ0) is 15.5. The molecule has 6 heteroatoms. The van der Waals surface area contributed by atoms with Crippen LogP contribution in [-0.4, -0.2) is 46.0 Å². The van der Waals surface area contributed by atoms with E-state index in [1.165, 1.54) is 0 Å². The van der Waals surface area contributed by atoms with Crippen LogP contribution in [0, 0.1) is 11.8 Å². The Morgan fingerprint density at radius 3 is 2.82 bits per heavy atom. The lowest BCUT2D eigenvalue weighted by atomic mass is 10.1. The molecule has 6 nitrogen and oxygen atoms in total. The molecular formula is C16H20N6. The van der Waals surface area contributed by atoms with E-state index < -0.39 is 0 Å². The first-order valence-electron chi connectivity index (χ1n) is 7.47. The molecule has 2 aromatic rings. The predicted molar refractivity (Wildman–Crippen MR) is 88.4 cm³/mol. The third-order valence-corrected chi connectivity index (χ3v) is 3.94. The first-order valence-corrected chi connectivity index (χ1v) is 7.47. The van der Waals surface area contributed by atoms with Crippen LogP contribution in [0.2, 0.25) is 0 Å². The molecule has 0 atom stereocenters. The van der Waals surface area contributed by atoms with Crippen LogP contribution in [-0.2, 0) is 0 Å². The van der Waals surface area contributed by atoms with Crippen LogP contribution in [0.15, 0.2) is 12.3 Å². The summed E-state index contributed by atoms with van der Waals surface area (Å²) in [5.41, 5.74) is 7.51. The van der Waals surface area contributed by atoms with Crippen molar-refractivity contribution in [1.29, 1.82) is 0 Å². The van der Waals surface area contributed by atoms with Gasteiger partial charge >= 0.3 is 0 Å². The van der Waals surface area contributed by atoms with Gasteiger partial charge in [0.1, 0.15) is 5.82 Å². The van der Waals surface area contributed by atoms with Gasteiger partial charge in [-0.25, -0.2) is 4.98 Å². The summed E-state index contributed by atoms with van der Waals surface area (Å²) in [6, 6.07) is 2.22. The number of nitrogen functional groups attached to an aromatic ring is 1. The van der Waals surface area contributed by atoms with Crippen molar-refractivity contribution in [3.8, 4) is 11.8 Å². The molecule has 0 aromatic carbocycles. The zero-order valence-electron chi connectivity index (χ0n) is 12.9. The molecule has 0 saturated carbocycles. The Kier molecular flexibility index (Phi) is 4.07. The minimum atomic E-state index is 0.381. The number of likely N-dealkylation sites (tertiary alicyclic amines) is 1. The lowest BCUT2D eigenvalue weighted by Gasteiger charge is -2.29. The predicted octanol–water partition coefficient (Wildman–Crippen LogP) is 1.48. The molecule has 0 radical (unpaired) electrons. The first kappa shape index (κ1) is 14.5. The summed E-state index contributed by atoms with van der Waals surface area (Å²) < 4.78 is 0. The second kappa shape index (κ2) is 6.16. The molecule has 1 fully saturated rings. The smallest absolute Gasteiger partial charge is 0.226 e. The molecule has 0 unspecified atom stereocenters. The average Bonchev–Trinajstić information content (AvgIpc) is 2.50. The number of hydrogen-bond donors (Lipinski definition) is 2. The Bertz CT molecular complexity index is 737. The molecule has 0 aliphatic carbocycles. The third-order valence-electron chi connectivity index (χ3n) is 3.94. The highest BCUT2D eigenvalue weighted by molar-refractivity contribution is 5.91. The summed E-state index contributed by atoms with van der Waals surface area (Å²) in [5, 5.41) is 4.11. The van der Waals surface area contributed by atoms with Gasteiger partial charge in [0.15, 0.2) is 5.65 Å². The van der Waals surface area contributed by atoms with E-state index >= 15 is 0 Å². The van der Waals surface area contributed by atoms with Gasteiger partial charge in [-0.1, -0.05) is 5.92 Å². The van der Waals surface area contributed by atoms with Crippen LogP contribution >= 0.6 is 0 Å². The van der Waals surface area contributed by atoms with E-state index in [0.29, 0.717) is 23.5 Å². The number of anilines is 2. The summed E-state index contributed by atoms with van der Waals surface area (Å²) in [5.74, 6) is 6.87. The van der Waals surface area contributed by atoms with Gasteiger partial charge in [-0.15, -0.1) is 5.92 Å². The van der Waals surface area contributed by atoms with E-state index in [-0.39, 0.29) is 0 Å². The number of nitrogens with two attached hydrogens (primary N) is 1. The van der Waals surface area contributed by atoms with Crippen LogP contribution < -0.4 is 11.1 Å². The molecule has 3 N–H and O–H groups in total. The fraction of sp³-hybridized carbons (Fsp3) is 0.438. The normalized spacial score (nSPS) is 16.3. The SMILES string of the molecule is CC#Cc1ccnc2nc(NC3CCN(C)CC3)nc(N)c12. The third kappa shape index (κ3) is 2.95. The Labute approximate surface area is 130 Å². The average molecular weight is 296 g/mol. The molecule has 3 heterocycles. The van der Waals surface area contributed by atoms with Gasteiger partial charge in [-0.05, 0) is 46.0 Å². The summed E-state index contributed by atoms with van der Waals surface area (Å²) in [7, 11) is 2.14. The number of hydrogen-bond acceptors (Lipinski definition) is 6. The molecule has 0 bridgehead atoms. The molecular weight excluding hydrogens is 276 g/mol. The number of nitrogens with one attached hydrogen (secondary N) is 1. The van der Waals surface area contributed by atoms with Gasteiger partial charge in [0, 0.05) is 17.8 Å². The summed E-state index contributed by atoms with van der Waals surface area (Å²) in [6.07, 6.45) is 3.85. The van der Waals surface area contributed by atoms with Crippen molar-refractivity contribution in [2.45, 2.75) is 25.8 Å². The van der Waals surface area contributed by atoms with Gasteiger partial charge in [0.05, 0.1) is 5.39 Å². The Morgan fingerprint density at radius 1 is 1.32 bits per heavy atom. The Hall–Kier alpha value is -2.39. The lowest BCUT2D eigenvalue weighted by Crippen LogP contribution is -2.37. The van der Waals surface area contributed by atoms with Crippen molar-refractivity contribution < 1.29 is 0 Å². The molecule has 0 amide bonds. The highest BCUT2D eigenvalue weighted by atomic mass is 15.2. The molecule has 114 valence electrons. The topological polar surface area (TPSA) is 80.0 Å². The Morgan fingerprint density at radius 2 is 2.09 bits per heavy atom. The number of aromatic nitrogens is 3. The Balaban J connectivity index is 1.90. The van der Waals surface area contributed by atoms with Crippen LogP contribution in [0.4, 0.5) is 11.8 Å². The number of fused-ring (bicyclic) bond motifs is 1. The van der Waals surface area contributed by atoms with Crippen molar-refractivity contribution in [2.24, 2.45) is 0 Å². The highest BCUT2D eigenvalue weighted by Crippen LogP contribution is 2.22. The fourth-order valence-corrected chi connectivity index (χ4v) is 2.72. The largest absolute Gasteiger partial charge is 0.383 e. The molecule has 1 aliphatic rings. The van der Waals surface area contributed by atoms with Crippen LogP contribution in [0.5, 0.6) is 0 Å². The number of nitrogens with zero attached hydrogens (tertiary/aromatic N) is 4. The molecule has 22 heavy (non-hydrogen) atoms. The van der Waals surface area contributed by atoms with Crippen LogP contribution in [0.25, 0.3) is 11.0 Å². The van der Waals surface area contributed by atoms with Gasteiger partial charge in [0.2, 0.25) is 5.95 Å². The number of piperidine rings is 1. The monoisotopic (exact) mass is 296 g/mol. The van der Waals surface area contributed by atoms with Gasteiger partial charge in [0.25, 0.3) is 0 Å². The standard InChI is InChI=1S/C16H20N6/c1-3-4-11-5-8-18-15-13(11)14(17)20-16(21-15)19-12-6-9-22(2)10-7-12/h5,8,12H,6-7,9-10H2,1-2H3,(H3,17,18,19,20,21). The summed E-state index contributed by atoms with van der Waals surface area (Å²) >= 11 is 0. The highest BCUT2D eigenvalue weighted by Gasteiger charge is 2.18. The first-order chi connectivity index (χ1) is 10.7. The summed E-state index contributed by atoms with van der Waals surface area (Å²) in [4.78, 5) is 15.5. The molecule has 3 rings (SSSR count). The maximum absolute atomic E-state index is 6.11. The van der Waals surface area contributed by atoms with E-state index in [0.717, 1.165) is 36.9 Å². The molecule has 1 aliphatic heterocycles. The van der Waals surface area contributed by atoms with E-state index in [4.69, 9.17) is 5.73 Å². The van der Waals surface area contributed by atoms with Crippen molar-refractivity contribution in [3.63, 3.8) is 0 Å². The van der Waals surface area contributed by atoms with E-state index in [9.17, 15) is 0 Å². The number of pyridine rings is 1. The van der Waals surface area contributed by atoms with Crippen molar-refractivity contribution in [2.75, 3.05) is 31.2 Å². The van der Waals surface area contributed by atoms with E-state index in [2.05, 4.69) is 44.1 Å². The van der Waals surface area contributed by atoms with Crippen LogP contribution in [0.3, 0.4) is 0 Å². The van der Waals surface area contributed by atoms with Gasteiger partial charge in [-0.2, -0.15) is 9.97 Å². The minimum absolute atomic E-state index is 0.381. The zero-order valence-corrected chi connectivity index (χ0v) is 12.9. The molecule has 1 saturated heterocycles. The maximum atomic E-state index is 6.11. The quantitative estimate of drug-likeness (QED) is 0.817. The van der Waals surface area contributed by atoms with E-state index in [1.807, 2.05) is 6.07 Å². The van der Waals surface area contributed by atoms with Crippen LogP contribution in [0.1, 0.15) is 25.3 Å². The molecule has 0 spiro atoms. The minimum Gasteiger partial charge on any atom is -0.383 e. The van der Waals surface area contributed by atoms with Gasteiger partial charge < -0.3 is 16.0 Å². The lowest BCUT2D eigenvalue weighted by molar-refractivity contribution is 0.263. The van der Waals surface area contributed by atoms with Crippen molar-refractivity contribution in [3.05, 3.63) is 17.8 Å². The summed E-state index contributed by atoms with van der Waals surface area (Å²) in [6.45, 7) is 3.95. The maximum Gasteiger partial charge on any atom is 0.226 e. The fourth-order valence-electron chi connectivity index (χ4n) is 2.72. The van der Waals surface area contributed by atoms with Gasteiger partial charge in [-0.3, -0.25) is 0 Å².